The first-order valence-corrected chi connectivity index (χ1v) is 12.4. The number of ether oxygens (including phenoxy) is 1. The molecule has 5 heteroatoms. The number of phenols is 1. The van der Waals surface area contributed by atoms with Gasteiger partial charge in [-0.1, -0.05) is 68.6 Å². The van der Waals surface area contributed by atoms with E-state index in [1.54, 1.807) is 43.3 Å². The molecule has 1 atom stereocenters. The number of hydrogen-bond donors (Lipinski definition) is 2. The number of amides is 1. The van der Waals surface area contributed by atoms with Crippen LogP contribution >= 0.6 is 0 Å². The minimum Gasteiger partial charge on any atom is -0.505 e. The maximum Gasteiger partial charge on any atom is 0.328 e. The zero-order valence-corrected chi connectivity index (χ0v) is 20.9. The fourth-order valence-electron chi connectivity index (χ4n) is 3.35. The van der Waals surface area contributed by atoms with Gasteiger partial charge in [-0.25, -0.2) is 4.79 Å². The highest BCUT2D eigenvalue weighted by Gasteiger charge is 2.24. The van der Waals surface area contributed by atoms with Crippen LogP contribution in [0.15, 0.2) is 42.5 Å². The van der Waals surface area contributed by atoms with E-state index in [0.717, 1.165) is 44.1 Å². The van der Waals surface area contributed by atoms with E-state index in [1.165, 1.54) is 0 Å². The lowest BCUT2D eigenvalue weighted by atomic mass is 9.98. The maximum absolute atomic E-state index is 12.7. The van der Waals surface area contributed by atoms with E-state index >= 15 is 0 Å². The van der Waals surface area contributed by atoms with Gasteiger partial charge in [0.2, 0.25) is 0 Å². The predicted molar refractivity (Wildman–Crippen MR) is 139 cm³/mol. The van der Waals surface area contributed by atoms with Crippen molar-refractivity contribution in [2.45, 2.75) is 71.8 Å². The Kier molecular flexibility index (Phi) is 12.0. The number of nitrogens with one attached hydrogen (secondary N) is 1. The van der Waals surface area contributed by atoms with E-state index in [9.17, 15) is 14.7 Å². The third kappa shape index (κ3) is 9.22. The van der Waals surface area contributed by atoms with Crippen LogP contribution in [0.2, 0.25) is 0 Å². The van der Waals surface area contributed by atoms with Gasteiger partial charge in [-0.15, -0.1) is 0 Å². The highest BCUT2D eigenvalue weighted by molar-refractivity contribution is 5.96. The number of unbranched alkanes of at least 4 members (excludes halogenated alkanes) is 4. The van der Waals surface area contributed by atoms with Gasteiger partial charge in [0.15, 0.2) is 0 Å². The second-order valence-corrected chi connectivity index (χ2v) is 8.20. The molecule has 0 aliphatic carbocycles. The normalized spacial score (nSPS) is 10.8. The van der Waals surface area contributed by atoms with Crippen molar-refractivity contribution in [1.82, 2.24) is 5.32 Å². The van der Waals surface area contributed by atoms with E-state index < -0.39 is 12.0 Å². The van der Waals surface area contributed by atoms with Crippen molar-refractivity contribution in [1.29, 1.82) is 0 Å². The SMILES string of the molecule is CCCCC#Cc1cc(C[C@H](NC(=O)c2ccccc2)C(=O)OCC)cc(C#CCCCC)c1O. The number of aromatic hydroxyl groups is 1. The molecular formula is C30H35NO4. The van der Waals surface area contributed by atoms with E-state index in [1.807, 2.05) is 6.07 Å². The quantitative estimate of drug-likeness (QED) is 0.276. The molecule has 2 aromatic carbocycles. The summed E-state index contributed by atoms with van der Waals surface area (Å²) in [5.41, 5.74) is 2.12. The van der Waals surface area contributed by atoms with Gasteiger partial charge in [-0.3, -0.25) is 4.79 Å². The smallest absolute Gasteiger partial charge is 0.328 e. The zero-order chi connectivity index (χ0) is 25.5. The summed E-state index contributed by atoms with van der Waals surface area (Å²) in [5, 5.41) is 13.6. The average Bonchev–Trinajstić information content (AvgIpc) is 2.86. The molecule has 2 rings (SSSR count). The molecule has 0 fully saturated rings. The summed E-state index contributed by atoms with van der Waals surface area (Å²) in [4.78, 5) is 25.4. The number of carbonyl (C=O) groups is 2. The molecule has 2 N–H and O–H groups in total. The van der Waals surface area contributed by atoms with Gasteiger partial charge in [0.05, 0.1) is 17.7 Å². The van der Waals surface area contributed by atoms with Crippen LogP contribution in [0.1, 0.15) is 86.3 Å². The molecule has 0 saturated heterocycles. The van der Waals surface area contributed by atoms with Crippen molar-refractivity contribution < 1.29 is 19.4 Å². The number of rotatable bonds is 10. The highest BCUT2D eigenvalue weighted by atomic mass is 16.5. The summed E-state index contributed by atoms with van der Waals surface area (Å²) in [6.45, 7) is 6.13. The second-order valence-electron chi connectivity index (χ2n) is 8.20. The standard InChI is InChI=1S/C30H35NO4/c1-4-7-9-12-18-25-20-23(21-26(28(25)32)19-13-10-8-5-2)22-27(30(34)35-6-3)31-29(33)24-16-14-11-15-17-24/h11,14-17,20-21,27,32H,4-10,22H2,1-3H3,(H,31,33)/t27-/m0/s1. The molecule has 5 nitrogen and oxygen atoms in total. The Morgan fingerprint density at radius 3 is 2.03 bits per heavy atom. The third-order valence-electron chi connectivity index (χ3n) is 5.28. The van der Waals surface area contributed by atoms with Gasteiger partial charge in [0, 0.05) is 24.8 Å². The number of benzene rings is 2. The molecule has 2 aromatic rings. The molecule has 0 aromatic heterocycles. The third-order valence-corrected chi connectivity index (χ3v) is 5.28. The Bertz CT molecular complexity index is 1050. The first kappa shape index (κ1) is 27.5. The van der Waals surface area contributed by atoms with E-state index in [0.29, 0.717) is 16.7 Å². The van der Waals surface area contributed by atoms with Gasteiger partial charge < -0.3 is 15.2 Å². The summed E-state index contributed by atoms with van der Waals surface area (Å²) in [6.07, 6.45) is 5.69. The molecular weight excluding hydrogens is 438 g/mol. The summed E-state index contributed by atoms with van der Waals surface area (Å²) >= 11 is 0. The molecule has 0 aliphatic rings. The first-order valence-electron chi connectivity index (χ1n) is 12.4. The Morgan fingerprint density at radius 1 is 0.943 bits per heavy atom. The Balaban J connectivity index is 2.39. The maximum atomic E-state index is 12.7. The highest BCUT2D eigenvalue weighted by Crippen LogP contribution is 2.25. The summed E-state index contributed by atoms with van der Waals surface area (Å²) in [7, 11) is 0. The summed E-state index contributed by atoms with van der Waals surface area (Å²) in [6, 6.07) is 11.3. The zero-order valence-electron chi connectivity index (χ0n) is 20.9. The van der Waals surface area contributed by atoms with Crippen molar-refractivity contribution in [2.24, 2.45) is 0 Å². The number of phenolic OH excluding ortho intramolecular Hbond substituents is 1. The molecule has 0 unspecified atom stereocenters. The fraction of sp³-hybridized carbons (Fsp3) is 0.400. The summed E-state index contributed by atoms with van der Waals surface area (Å²) in [5.74, 6) is 11.5. The molecule has 0 spiro atoms. The van der Waals surface area contributed by atoms with Crippen molar-refractivity contribution in [3.8, 4) is 29.4 Å². The molecule has 1 amide bonds. The minimum atomic E-state index is -0.894. The molecule has 35 heavy (non-hydrogen) atoms. The van der Waals surface area contributed by atoms with Crippen LogP contribution in [0.5, 0.6) is 5.75 Å². The van der Waals surface area contributed by atoms with Crippen LogP contribution in [0, 0.1) is 23.7 Å². The fourth-order valence-corrected chi connectivity index (χ4v) is 3.35. The van der Waals surface area contributed by atoms with Crippen LogP contribution in [0.3, 0.4) is 0 Å². The van der Waals surface area contributed by atoms with E-state index in [2.05, 4.69) is 42.8 Å². The largest absolute Gasteiger partial charge is 0.505 e. The van der Waals surface area contributed by atoms with Crippen LogP contribution < -0.4 is 5.32 Å². The first-order chi connectivity index (χ1) is 17.0. The van der Waals surface area contributed by atoms with Crippen LogP contribution in [-0.2, 0) is 16.0 Å². The van der Waals surface area contributed by atoms with Crippen molar-refractivity contribution >= 4 is 11.9 Å². The lowest BCUT2D eigenvalue weighted by Crippen LogP contribution is -2.43. The number of hydrogen-bond acceptors (Lipinski definition) is 4. The van der Waals surface area contributed by atoms with Crippen LogP contribution in [-0.4, -0.2) is 29.6 Å². The average molecular weight is 474 g/mol. The number of esters is 1. The van der Waals surface area contributed by atoms with Crippen molar-refractivity contribution in [2.75, 3.05) is 6.61 Å². The van der Waals surface area contributed by atoms with Gasteiger partial charge in [0.25, 0.3) is 5.91 Å². The Labute approximate surface area is 209 Å². The monoisotopic (exact) mass is 473 g/mol. The van der Waals surface area contributed by atoms with Gasteiger partial charge in [-0.2, -0.15) is 0 Å². The Hall–Kier alpha value is -3.70. The molecule has 0 heterocycles. The summed E-state index contributed by atoms with van der Waals surface area (Å²) < 4.78 is 5.22. The topological polar surface area (TPSA) is 75.6 Å². The molecule has 0 saturated carbocycles. The Morgan fingerprint density at radius 2 is 1.51 bits per heavy atom. The molecule has 184 valence electrons. The minimum absolute atomic E-state index is 0.0442. The van der Waals surface area contributed by atoms with Gasteiger partial charge in [-0.05, 0) is 49.6 Å². The lowest BCUT2D eigenvalue weighted by Gasteiger charge is -2.18. The van der Waals surface area contributed by atoms with Crippen molar-refractivity contribution in [3.05, 3.63) is 64.7 Å². The second kappa shape index (κ2) is 15.3. The van der Waals surface area contributed by atoms with Crippen LogP contribution in [0.4, 0.5) is 0 Å². The van der Waals surface area contributed by atoms with E-state index in [-0.39, 0.29) is 24.7 Å². The van der Waals surface area contributed by atoms with Crippen molar-refractivity contribution in [3.63, 3.8) is 0 Å². The van der Waals surface area contributed by atoms with Gasteiger partial charge in [0.1, 0.15) is 11.8 Å². The lowest BCUT2D eigenvalue weighted by molar-refractivity contribution is -0.145. The van der Waals surface area contributed by atoms with E-state index in [4.69, 9.17) is 4.74 Å². The number of carbonyl (C=O) groups excluding carboxylic acids is 2. The van der Waals surface area contributed by atoms with Crippen LogP contribution in [0.25, 0.3) is 0 Å². The van der Waals surface area contributed by atoms with Gasteiger partial charge >= 0.3 is 5.97 Å². The predicted octanol–water partition coefficient (Wildman–Crippen LogP) is 5.38. The molecule has 0 aliphatic heterocycles. The molecule has 0 radical (unpaired) electrons. The molecule has 0 bridgehead atoms.